The number of ether oxygens (including phenoxy) is 1. The van der Waals surface area contributed by atoms with Gasteiger partial charge in [0.05, 0.1) is 12.5 Å². The summed E-state index contributed by atoms with van der Waals surface area (Å²) < 4.78 is 4.95. The fraction of sp³-hybridized carbons (Fsp3) is 0.500. The van der Waals surface area contributed by atoms with Gasteiger partial charge in [-0.15, -0.1) is 0 Å². The van der Waals surface area contributed by atoms with Crippen LogP contribution in [0.3, 0.4) is 0 Å². The van der Waals surface area contributed by atoms with E-state index in [0.717, 1.165) is 6.42 Å². The van der Waals surface area contributed by atoms with Crippen LogP contribution in [0, 0.1) is 17.3 Å². The maximum atomic E-state index is 11.9. The van der Waals surface area contributed by atoms with Gasteiger partial charge in [-0.1, -0.05) is 42.8 Å². The van der Waals surface area contributed by atoms with E-state index in [0.29, 0.717) is 11.8 Å². The Morgan fingerprint density at radius 3 is 2.40 bits per heavy atom. The monoisotopic (exact) mass is 272 g/mol. The first kappa shape index (κ1) is 14.8. The third-order valence-corrected chi connectivity index (χ3v) is 5.21. The van der Waals surface area contributed by atoms with Gasteiger partial charge in [0.1, 0.15) is 0 Å². The van der Waals surface area contributed by atoms with E-state index >= 15 is 0 Å². The van der Waals surface area contributed by atoms with Gasteiger partial charge < -0.3 is 4.74 Å². The fourth-order valence-corrected chi connectivity index (χ4v) is 3.20. The normalized spacial score (nSPS) is 29.6. The van der Waals surface area contributed by atoms with E-state index in [1.807, 2.05) is 13.0 Å². The summed E-state index contributed by atoms with van der Waals surface area (Å²) in [5.41, 5.74) is 3.64. The minimum atomic E-state index is -0.299. The summed E-state index contributed by atoms with van der Waals surface area (Å²) in [6, 6.07) is 10.4. The first-order valence-corrected chi connectivity index (χ1v) is 7.23. The molecule has 2 rings (SSSR count). The summed E-state index contributed by atoms with van der Waals surface area (Å²) in [5.74, 6) is 0.724. The molecule has 0 aliphatic heterocycles. The Hall–Kier alpha value is -1.57. The lowest BCUT2D eigenvalue weighted by Gasteiger charge is -2.11. The predicted molar refractivity (Wildman–Crippen MR) is 82.1 cm³/mol. The van der Waals surface area contributed by atoms with Crippen LogP contribution in [0.1, 0.15) is 39.7 Å². The topological polar surface area (TPSA) is 26.3 Å². The van der Waals surface area contributed by atoms with E-state index in [-0.39, 0.29) is 11.4 Å². The molecule has 1 aromatic carbocycles. The summed E-state index contributed by atoms with van der Waals surface area (Å²) >= 11 is 0. The third-order valence-electron chi connectivity index (χ3n) is 5.21. The van der Waals surface area contributed by atoms with E-state index in [1.165, 1.54) is 23.8 Å². The molecule has 0 radical (unpaired) electrons. The van der Waals surface area contributed by atoms with Gasteiger partial charge in [-0.05, 0) is 50.2 Å². The molecule has 1 aromatic rings. The van der Waals surface area contributed by atoms with Crippen LogP contribution in [0.15, 0.2) is 35.9 Å². The van der Waals surface area contributed by atoms with E-state index in [4.69, 9.17) is 4.74 Å². The lowest BCUT2D eigenvalue weighted by molar-refractivity contribution is -0.147. The number of esters is 1. The molecule has 2 heteroatoms. The van der Waals surface area contributed by atoms with Crippen molar-refractivity contribution in [3.8, 4) is 0 Å². The quantitative estimate of drug-likeness (QED) is 0.763. The molecular weight excluding hydrogens is 248 g/mol. The zero-order chi connectivity index (χ0) is 14.9. The van der Waals surface area contributed by atoms with E-state index in [2.05, 4.69) is 45.0 Å². The number of carbonyl (C=O) groups is 1. The minimum Gasteiger partial charge on any atom is -0.469 e. The van der Waals surface area contributed by atoms with Crippen LogP contribution >= 0.6 is 0 Å². The van der Waals surface area contributed by atoms with Crippen LogP contribution in [-0.2, 0) is 9.53 Å². The van der Waals surface area contributed by atoms with Gasteiger partial charge in [0.25, 0.3) is 0 Å². The highest BCUT2D eigenvalue weighted by Crippen LogP contribution is 2.61. The third kappa shape index (κ3) is 2.39. The molecule has 1 saturated carbocycles. The molecule has 1 aliphatic rings. The number of benzene rings is 1. The van der Waals surface area contributed by atoms with Gasteiger partial charge >= 0.3 is 5.97 Å². The lowest BCUT2D eigenvalue weighted by atomic mass is 9.96. The maximum absolute atomic E-state index is 11.9. The van der Waals surface area contributed by atoms with Crippen LogP contribution in [0.2, 0.25) is 0 Å². The number of methoxy groups -OCH3 is 1. The Bertz CT molecular complexity index is 530. The van der Waals surface area contributed by atoms with Crippen molar-refractivity contribution in [1.29, 1.82) is 0 Å². The average Bonchev–Trinajstić information content (AvgIpc) is 3.00. The molecule has 0 bridgehead atoms. The van der Waals surface area contributed by atoms with Crippen LogP contribution in [0.25, 0.3) is 5.57 Å². The van der Waals surface area contributed by atoms with Crippen molar-refractivity contribution in [2.45, 2.75) is 34.1 Å². The molecule has 0 spiro atoms. The molecule has 0 heterocycles. The molecule has 0 aromatic heterocycles. The Labute approximate surface area is 121 Å². The molecule has 3 atom stereocenters. The molecule has 0 amide bonds. The van der Waals surface area contributed by atoms with Crippen molar-refractivity contribution < 1.29 is 9.53 Å². The smallest absolute Gasteiger partial charge is 0.312 e. The zero-order valence-electron chi connectivity index (χ0n) is 13.1. The predicted octanol–water partition coefficient (Wildman–Crippen LogP) is 4.32. The van der Waals surface area contributed by atoms with Crippen molar-refractivity contribution in [2.24, 2.45) is 17.3 Å². The highest BCUT2D eigenvalue weighted by Gasteiger charge is 2.63. The number of allylic oxidation sites excluding steroid dienone is 2. The Morgan fingerprint density at radius 1 is 1.25 bits per heavy atom. The van der Waals surface area contributed by atoms with E-state index in [9.17, 15) is 4.79 Å². The van der Waals surface area contributed by atoms with Crippen molar-refractivity contribution in [3.63, 3.8) is 0 Å². The number of carbonyl (C=O) groups excluding carboxylic acids is 1. The summed E-state index contributed by atoms with van der Waals surface area (Å²) in [5, 5.41) is 0. The number of rotatable bonds is 4. The fourth-order valence-electron chi connectivity index (χ4n) is 3.20. The largest absolute Gasteiger partial charge is 0.469 e. The second-order valence-electron chi connectivity index (χ2n) is 6.14. The molecule has 2 nitrogen and oxygen atoms in total. The number of hydrogen-bond acceptors (Lipinski definition) is 2. The highest BCUT2D eigenvalue weighted by atomic mass is 16.5. The van der Waals surface area contributed by atoms with Crippen LogP contribution < -0.4 is 0 Å². The van der Waals surface area contributed by atoms with E-state index in [1.54, 1.807) is 0 Å². The number of hydrogen-bond donors (Lipinski definition) is 0. The van der Waals surface area contributed by atoms with Gasteiger partial charge in [-0.25, -0.2) is 0 Å². The zero-order valence-corrected chi connectivity index (χ0v) is 13.1. The summed E-state index contributed by atoms with van der Waals surface area (Å²) in [7, 11) is 1.48. The van der Waals surface area contributed by atoms with Gasteiger partial charge in [0.15, 0.2) is 0 Å². The molecule has 3 unspecified atom stereocenters. The van der Waals surface area contributed by atoms with Crippen LogP contribution in [0.5, 0.6) is 0 Å². The summed E-state index contributed by atoms with van der Waals surface area (Å²) in [6.45, 7) is 8.50. The Kier molecular flexibility index (Phi) is 4.03. The molecule has 0 N–H and O–H groups in total. The Balaban J connectivity index is 2.14. The molecule has 1 fully saturated rings. The van der Waals surface area contributed by atoms with Crippen LogP contribution in [-0.4, -0.2) is 13.1 Å². The first-order valence-electron chi connectivity index (χ1n) is 7.23. The van der Waals surface area contributed by atoms with Gasteiger partial charge in [-0.2, -0.15) is 0 Å². The van der Waals surface area contributed by atoms with Gasteiger partial charge in [0, 0.05) is 0 Å². The maximum Gasteiger partial charge on any atom is 0.312 e. The van der Waals surface area contributed by atoms with Crippen molar-refractivity contribution in [2.75, 3.05) is 7.11 Å². The van der Waals surface area contributed by atoms with Gasteiger partial charge in [0.2, 0.25) is 0 Å². The second kappa shape index (κ2) is 5.43. The average molecular weight is 272 g/mol. The molecule has 20 heavy (non-hydrogen) atoms. The lowest BCUT2D eigenvalue weighted by Crippen LogP contribution is -2.17. The van der Waals surface area contributed by atoms with E-state index < -0.39 is 0 Å². The highest BCUT2D eigenvalue weighted by molar-refractivity contribution is 5.81. The van der Waals surface area contributed by atoms with Gasteiger partial charge in [-0.3, -0.25) is 4.79 Å². The molecule has 0 saturated heterocycles. The molecular formula is C18H24O2. The first-order chi connectivity index (χ1) is 9.42. The molecule has 1 aliphatic carbocycles. The van der Waals surface area contributed by atoms with Crippen molar-refractivity contribution >= 4 is 11.5 Å². The SMILES string of the molecule is COC(=O)C1(C)C(C)C1CC(C)=C(C)c1ccccc1. The summed E-state index contributed by atoms with van der Waals surface area (Å²) in [6.07, 6.45) is 0.966. The van der Waals surface area contributed by atoms with Crippen molar-refractivity contribution in [1.82, 2.24) is 0 Å². The standard InChI is InChI=1S/C18H24O2/c1-12(13(2)15-9-7-6-8-10-15)11-16-14(3)18(16,4)17(19)20-5/h6-10,14,16H,11H2,1-5H3. The van der Waals surface area contributed by atoms with Crippen LogP contribution in [0.4, 0.5) is 0 Å². The van der Waals surface area contributed by atoms with Crippen molar-refractivity contribution in [3.05, 3.63) is 41.5 Å². The minimum absolute atomic E-state index is 0.0693. The molecule has 108 valence electrons. The summed E-state index contributed by atoms with van der Waals surface area (Å²) in [4.78, 5) is 11.9. The Morgan fingerprint density at radius 2 is 1.85 bits per heavy atom. The second-order valence-corrected chi connectivity index (χ2v) is 6.14.